The first kappa shape index (κ1) is 15.6. The van der Waals surface area contributed by atoms with E-state index < -0.39 is 0 Å². The van der Waals surface area contributed by atoms with Gasteiger partial charge in [0.2, 0.25) is 5.95 Å². The summed E-state index contributed by atoms with van der Waals surface area (Å²) in [6.07, 6.45) is 0.939. The van der Waals surface area contributed by atoms with Crippen LogP contribution in [0.15, 0.2) is 60.7 Å². The van der Waals surface area contributed by atoms with Crippen molar-refractivity contribution in [3.05, 3.63) is 77.5 Å². The van der Waals surface area contributed by atoms with Crippen molar-refractivity contribution in [1.82, 2.24) is 15.0 Å². The molecule has 0 amide bonds. The van der Waals surface area contributed by atoms with Crippen LogP contribution in [0.1, 0.15) is 16.8 Å². The fraction of sp³-hybridized carbons (Fsp3) is 0.0952. The summed E-state index contributed by atoms with van der Waals surface area (Å²) >= 11 is 0. The Balaban J connectivity index is 1.61. The number of nitrogen functional groups attached to an aromatic ring is 2. The van der Waals surface area contributed by atoms with Crippen molar-refractivity contribution in [2.75, 3.05) is 16.4 Å². The molecule has 5 rings (SSSR count). The number of nitrogens with zero attached hydrogens (tertiary/aromatic N) is 4. The van der Waals surface area contributed by atoms with Crippen LogP contribution in [0, 0.1) is 0 Å². The number of anilines is 4. The SMILES string of the molecule is Nc1nc(N)c2nc(CN3c4ccccc4Cc4ccccc43)ccc2n1. The molecule has 0 aliphatic carbocycles. The minimum atomic E-state index is 0.161. The number of pyridine rings is 1. The summed E-state index contributed by atoms with van der Waals surface area (Å²) in [5.74, 6) is 0.465. The predicted octanol–water partition coefficient (Wildman–Crippen LogP) is 3.43. The number of para-hydroxylation sites is 2. The molecule has 4 aromatic rings. The van der Waals surface area contributed by atoms with Gasteiger partial charge in [0.15, 0.2) is 5.82 Å². The van der Waals surface area contributed by atoms with Gasteiger partial charge in [-0.25, -0.2) is 9.97 Å². The molecule has 6 heteroatoms. The van der Waals surface area contributed by atoms with Gasteiger partial charge in [-0.3, -0.25) is 0 Å². The van der Waals surface area contributed by atoms with Gasteiger partial charge >= 0.3 is 0 Å². The first-order valence-corrected chi connectivity index (χ1v) is 8.81. The Bertz CT molecular complexity index is 1120. The molecule has 0 saturated heterocycles. The second kappa shape index (κ2) is 5.95. The minimum Gasteiger partial charge on any atom is -0.382 e. The Hall–Kier alpha value is -3.67. The molecule has 0 unspecified atom stereocenters. The average molecular weight is 354 g/mol. The maximum atomic E-state index is 6.00. The smallest absolute Gasteiger partial charge is 0.222 e. The number of fused-ring (bicyclic) bond motifs is 3. The number of benzene rings is 2. The Kier molecular flexibility index (Phi) is 3.43. The fourth-order valence-corrected chi connectivity index (χ4v) is 3.70. The Morgan fingerprint density at radius 1 is 0.778 bits per heavy atom. The summed E-state index contributed by atoms with van der Waals surface area (Å²) in [5.41, 5.74) is 18.9. The lowest BCUT2D eigenvalue weighted by Gasteiger charge is -2.33. The zero-order chi connectivity index (χ0) is 18.4. The van der Waals surface area contributed by atoms with Crippen LogP contribution >= 0.6 is 0 Å². The van der Waals surface area contributed by atoms with Gasteiger partial charge in [-0.1, -0.05) is 36.4 Å². The minimum absolute atomic E-state index is 0.161. The van der Waals surface area contributed by atoms with Gasteiger partial charge in [-0.15, -0.1) is 0 Å². The standard InChI is InChI=1S/C21H18N6/c22-20-19-16(25-21(23)26-20)10-9-15(24-19)12-27-17-7-3-1-5-13(17)11-14-6-2-4-8-18(14)27/h1-10H,11-12H2,(H4,22,23,25,26). The van der Waals surface area contributed by atoms with Crippen molar-refractivity contribution in [2.24, 2.45) is 0 Å². The van der Waals surface area contributed by atoms with Crippen molar-refractivity contribution in [3.8, 4) is 0 Å². The molecule has 2 aromatic carbocycles. The number of rotatable bonds is 2. The maximum Gasteiger partial charge on any atom is 0.222 e. The summed E-state index contributed by atoms with van der Waals surface area (Å²) in [6.45, 7) is 0.633. The second-order valence-electron chi connectivity index (χ2n) is 6.66. The maximum absolute atomic E-state index is 6.00. The van der Waals surface area contributed by atoms with E-state index in [1.165, 1.54) is 22.5 Å². The monoisotopic (exact) mass is 354 g/mol. The number of hydrogen-bond acceptors (Lipinski definition) is 6. The van der Waals surface area contributed by atoms with Crippen LogP contribution in [-0.2, 0) is 13.0 Å². The average Bonchev–Trinajstić information content (AvgIpc) is 2.68. The molecule has 0 radical (unpaired) electrons. The highest BCUT2D eigenvalue weighted by atomic mass is 15.2. The van der Waals surface area contributed by atoms with Gasteiger partial charge in [-0.05, 0) is 35.4 Å². The molecule has 2 aromatic heterocycles. The van der Waals surface area contributed by atoms with Gasteiger partial charge in [0.05, 0.1) is 17.8 Å². The first-order chi connectivity index (χ1) is 13.2. The van der Waals surface area contributed by atoms with E-state index in [9.17, 15) is 0 Å². The number of nitrogens with two attached hydrogens (primary N) is 2. The van der Waals surface area contributed by atoms with Crippen molar-refractivity contribution in [1.29, 1.82) is 0 Å². The Morgan fingerprint density at radius 2 is 1.44 bits per heavy atom. The van der Waals surface area contributed by atoms with Gasteiger partial charge < -0.3 is 16.4 Å². The van der Waals surface area contributed by atoms with E-state index in [0.29, 0.717) is 23.4 Å². The summed E-state index contributed by atoms with van der Waals surface area (Å²) in [6, 6.07) is 20.9. The lowest BCUT2D eigenvalue weighted by Crippen LogP contribution is -2.23. The zero-order valence-electron chi connectivity index (χ0n) is 14.6. The topological polar surface area (TPSA) is 93.9 Å². The van der Waals surface area contributed by atoms with E-state index in [4.69, 9.17) is 16.5 Å². The van der Waals surface area contributed by atoms with Crippen LogP contribution in [0.2, 0.25) is 0 Å². The van der Waals surface area contributed by atoms with Gasteiger partial charge in [0, 0.05) is 17.8 Å². The van der Waals surface area contributed by atoms with Crippen molar-refractivity contribution < 1.29 is 0 Å². The van der Waals surface area contributed by atoms with Crippen LogP contribution in [-0.4, -0.2) is 15.0 Å². The van der Waals surface area contributed by atoms with Gasteiger partial charge in [0.1, 0.15) is 5.52 Å². The van der Waals surface area contributed by atoms with E-state index in [1.807, 2.05) is 12.1 Å². The van der Waals surface area contributed by atoms with E-state index in [2.05, 4.69) is 63.4 Å². The molecule has 3 heterocycles. The van der Waals surface area contributed by atoms with Crippen molar-refractivity contribution >= 4 is 34.2 Å². The zero-order valence-corrected chi connectivity index (χ0v) is 14.6. The third kappa shape index (κ3) is 2.62. The first-order valence-electron chi connectivity index (χ1n) is 8.81. The highest BCUT2D eigenvalue weighted by Gasteiger charge is 2.22. The van der Waals surface area contributed by atoms with E-state index in [1.54, 1.807) is 0 Å². The number of hydrogen-bond donors (Lipinski definition) is 2. The number of aromatic nitrogens is 3. The normalized spacial score (nSPS) is 12.7. The van der Waals surface area contributed by atoms with Crippen LogP contribution in [0.3, 0.4) is 0 Å². The third-order valence-corrected chi connectivity index (χ3v) is 4.91. The highest BCUT2D eigenvalue weighted by molar-refractivity contribution is 5.85. The molecule has 27 heavy (non-hydrogen) atoms. The van der Waals surface area contributed by atoms with Gasteiger partial charge in [0.25, 0.3) is 0 Å². The van der Waals surface area contributed by atoms with Crippen molar-refractivity contribution in [2.45, 2.75) is 13.0 Å². The van der Waals surface area contributed by atoms with E-state index >= 15 is 0 Å². The second-order valence-corrected chi connectivity index (χ2v) is 6.66. The molecule has 0 bridgehead atoms. The van der Waals surface area contributed by atoms with Crippen LogP contribution in [0.4, 0.5) is 23.1 Å². The quantitative estimate of drug-likeness (QED) is 0.573. The molecule has 1 aliphatic heterocycles. The molecule has 4 N–H and O–H groups in total. The predicted molar refractivity (Wildman–Crippen MR) is 108 cm³/mol. The largest absolute Gasteiger partial charge is 0.382 e. The fourth-order valence-electron chi connectivity index (χ4n) is 3.70. The molecule has 0 fully saturated rings. The molecule has 0 saturated carbocycles. The molecule has 132 valence electrons. The molecular weight excluding hydrogens is 336 g/mol. The third-order valence-electron chi connectivity index (χ3n) is 4.91. The van der Waals surface area contributed by atoms with Crippen LogP contribution < -0.4 is 16.4 Å². The van der Waals surface area contributed by atoms with Gasteiger partial charge in [-0.2, -0.15) is 4.98 Å². The lowest BCUT2D eigenvalue weighted by molar-refractivity contribution is 0.898. The molecule has 0 atom stereocenters. The molecule has 0 spiro atoms. The highest BCUT2D eigenvalue weighted by Crippen LogP contribution is 2.39. The Morgan fingerprint density at radius 3 is 2.15 bits per heavy atom. The van der Waals surface area contributed by atoms with Crippen LogP contribution in [0.25, 0.3) is 11.0 Å². The molecular formula is C21H18N6. The molecule has 6 nitrogen and oxygen atoms in total. The van der Waals surface area contributed by atoms with Crippen molar-refractivity contribution in [3.63, 3.8) is 0 Å². The summed E-state index contributed by atoms with van der Waals surface area (Å²) in [4.78, 5) is 15.2. The summed E-state index contributed by atoms with van der Waals surface area (Å²) in [7, 11) is 0. The Labute approximate surface area is 156 Å². The van der Waals surface area contributed by atoms with E-state index in [0.717, 1.165) is 12.1 Å². The summed E-state index contributed by atoms with van der Waals surface area (Å²) < 4.78 is 0. The van der Waals surface area contributed by atoms with Crippen LogP contribution in [0.5, 0.6) is 0 Å². The molecule has 1 aliphatic rings. The summed E-state index contributed by atoms with van der Waals surface area (Å²) in [5, 5.41) is 0. The van der Waals surface area contributed by atoms with E-state index in [-0.39, 0.29) is 5.95 Å². The lowest BCUT2D eigenvalue weighted by atomic mass is 9.95.